The summed E-state index contributed by atoms with van der Waals surface area (Å²) in [7, 11) is 0. The monoisotopic (exact) mass is 991 g/mol. The molecule has 0 saturated heterocycles. The molecule has 12 aromatic rings. The van der Waals surface area contributed by atoms with Crippen LogP contribution in [0.3, 0.4) is 0 Å². The largest absolute Gasteiger partial charge is 0.309 e. The zero-order valence-corrected chi connectivity index (χ0v) is 44.0. The van der Waals surface area contributed by atoms with E-state index in [1.165, 1.54) is 105 Å². The van der Waals surface area contributed by atoms with E-state index < -0.39 is 0 Å². The Labute approximate surface area is 461 Å². The molecule has 1 aliphatic heterocycles. The maximum absolute atomic E-state index is 2.55. The predicted molar refractivity (Wildman–Crippen MR) is 339 cm³/mol. The third kappa shape index (κ3) is 9.20. The maximum atomic E-state index is 2.55. The lowest BCUT2D eigenvalue weighted by molar-refractivity contribution is 1.28. The molecule has 4 heteroatoms. The highest BCUT2D eigenvalue weighted by Crippen LogP contribution is 2.47. The van der Waals surface area contributed by atoms with Crippen molar-refractivity contribution >= 4 is 86.4 Å². The summed E-state index contributed by atoms with van der Waals surface area (Å²) in [4.78, 5) is 2.54. The first kappa shape index (κ1) is 48.3. The van der Waals surface area contributed by atoms with Gasteiger partial charge in [-0.1, -0.05) is 327 Å². The zero-order chi connectivity index (χ0) is 52.4. The van der Waals surface area contributed by atoms with Crippen LogP contribution >= 0.6 is 0 Å². The summed E-state index contributed by atoms with van der Waals surface area (Å²) in [5.41, 5.74) is 26.6. The molecule has 0 radical (unpaired) electrons. The van der Waals surface area contributed by atoms with E-state index in [4.69, 9.17) is 0 Å². The zero-order valence-electron chi connectivity index (χ0n) is 44.0. The molecule has 1 heterocycles. The molecule has 366 valence electrons. The van der Waals surface area contributed by atoms with Crippen molar-refractivity contribution in [1.82, 2.24) is 0 Å². The minimum absolute atomic E-state index is 0.0161. The van der Waals surface area contributed by atoms with Gasteiger partial charge in [-0.25, -0.2) is 0 Å². The lowest BCUT2D eigenvalue weighted by Gasteiger charge is -2.34. The van der Waals surface area contributed by atoms with E-state index in [1.807, 2.05) is 0 Å². The molecule has 1 nitrogen and oxygen atoms in total. The van der Waals surface area contributed by atoms with Gasteiger partial charge in [0.15, 0.2) is 0 Å². The summed E-state index contributed by atoms with van der Waals surface area (Å²) in [6.45, 7) is 4.41. The van der Waals surface area contributed by atoms with E-state index in [-0.39, 0.29) is 20.1 Å². The van der Waals surface area contributed by atoms with Gasteiger partial charge in [0.25, 0.3) is 0 Å². The molecule has 0 aromatic heterocycles. The third-order valence-corrected chi connectivity index (χ3v) is 16.1. The number of para-hydroxylation sites is 1. The first-order chi connectivity index (χ1) is 38.6. The Hall–Kier alpha value is -9.37. The van der Waals surface area contributed by atoms with Crippen LogP contribution in [0.2, 0.25) is 0 Å². The normalized spacial score (nSPS) is 11.7. The predicted octanol–water partition coefficient (Wildman–Crippen LogP) is 12.3. The summed E-state index contributed by atoms with van der Waals surface area (Å²) in [5, 5.41) is 0. The molecule has 0 saturated carbocycles. The topological polar surface area (TPSA) is 3.24 Å². The quantitative estimate of drug-likeness (QED) is 0.123. The molecule has 0 aliphatic carbocycles. The van der Waals surface area contributed by atoms with Gasteiger partial charge in [-0.2, -0.15) is 0 Å². The number of nitrogens with zero attached hydrogens (tertiary/aromatic N) is 1. The lowest BCUT2D eigenvalue weighted by Crippen LogP contribution is -2.58. The minimum Gasteiger partial charge on any atom is -0.309 e. The first-order valence-electron chi connectivity index (χ1n) is 27.3. The van der Waals surface area contributed by atoms with Crippen LogP contribution in [-0.2, 0) is 0 Å². The highest BCUT2D eigenvalue weighted by molar-refractivity contribution is 6.99. The van der Waals surface area contributed by atoms with Gasteiger partial charge < -0.3 is 4.90 Å². The third-order valence-electron chi connectivity index (χ3n) is 16.1. The standard InChI is InChI=1S/C74H56B3N/c1-53-25-24-26-54(2)74(53)77-70-45-43-63(75(59-31-14-5-15-32-59)60-33-16-6-17-34-60)51-66(70)68-49-57(55-27-10-3-11-28-55)41-47-72(68)78(65-39-22-9-23-40-65)73-48-42-58(56-29-12-4-13-30-56)50-69(73)67-52-64(44-46-71(67)77)76(61-35-18-7-19-36-61)62-37-20-8-21-38-62/h3-52H,1-2H3. The first-order valence-corrected chi connectivity index (χ1v) is 27.3. The average molecular weight is 992 g/mol. The van der Waals surface area contributed by atoms with Crippen LogP contribution in [0.15, 0.2) is 303 Å². The number of hydrogen-bond donors (Lipinski definition) is 0. The SMILES string of the molecule is Cc1cccc(C)c1B1c2ccc(B(c3ccccc3)c3ccccc3)cc2-c2cc(-c3ccccc3)ccc2N(c2ccccc2)c2ccc(-c3ccccc3)cc2-c2cc(B(c3ccccc3)c3ccccc3)ccc21. The number of benzene rings is 12. The molecule has 0 bridgehead atoms. The second kappa shape index (κ2) is 21.3. The summed E-state index contributed by atoms with van der Waals surface area (Å²) in [6.07, 6.45) is 0. The fraction of sp³-hybridized carbons (Fsp3) is 0.0270. The van der Waals surface area contributed by atoms with E-state index in [2.05, 4.69) is 322 Å². The van der Waals surface area contributed by atoms with Crippen molar-refractivity contribution < 1.29 is 0 Å². The van der Waals surface area contributed by atoms with Crippen LogP contribution in [-0.4, -0.2) is 20.1 Å². The van der Waals surface area contributed by atoms with Crippen molar-refractivity contribution in [3.05, 3.63) is 314 Å². The maximum Gasteiger partial charge on any atom is 0.243 e. The van der Waals surface area contributed by atoms with Crippen molar-refractivity contribution in [2.45, 2.75) is 13.8 Å². The molecule has 0 atom stereocenters. The van der Waals surface area contributed by atoms with E-state index in [9.17, 15) is 0 Å². The van der Waals surface area contributed by atoms with Gasteiger partial charge in [-0.05, 0) is 83.6 Å². The second-order valence-electron chi connectivity index (χ2n) is 20.8. The molecule has 0 unspecified atom stereocenters. The van der Waals surface area contributed by atoms with Crippen molar-refractivity contribution in [3.63, 3.8) is 0 Å². The van der Waals surface area contributed by atoms with E-state index in [0.717, 1.165) is 17.1 Å². The molecule has 0 N–H and O–H groups in total. The van der Waals surface area contributed by atoms with Crippen LogP contribution < -0.4 is 54.1 Å². The summed E-state index contributed by atoms with van der Waals surface area (Å²) in [6, 6.07) is 113. The number of anilines is 3. The van der Waals surface area contributed by atoms with Crippen molar-refractivity contribution in [3.8, 4) is 44.5 Å². The van der Waals surface area contributed by atoms with Gasteiger partial charge in [-0.15, -0.1) is 0 Å². The summed E-state index contributed by atoms with van der Waals surface area (Å²) in [5.74, 6) is 0. The molecule has 1 aliphatic rings. The van der Waals surface area contributed by atoms with Gasteiger partial charge in [-0.3, -0.25) is 0 Å². The van der Waals surface area contributed by atoms with Crippen LogP contribution in [0.1, 0.15) is 11.1 Å². The van der Waals surface area contributed by atoms with Gasteiger partial charge in [0.1, 0.15) is 0 Å². The van der Waals surface area contributed by atoms with Gasteiger partial charge >= 0.3 is 0 Å². The van der Waals surface area contributed by atoms with Crippen molar-refractivity contribution in [2.75, 3.05) is 4.90 Å². The molecular weight excluding hydrogens is 935 g/mol. The van der Waals surface area contributed by atoms with Crippen molar-refractivity contribution in [2.24, 2.45) is 0 Å². The minimum atomic E-state index is -0.178. The van der Waals surface area contributed by atoms with Crippen LogP contribution in [0, 0.1) is 13.8 Å². The second-order valence-corrected chi connectivity index (χ2v) is 20.8. The summed E-state index contributed by atoms with van der Waals surface area (Å²) < 4.78 is 0. The highest BCUT2D eigenvalue weighted by atomic mass is 15.1. The fourth-order valence-electron chi connectivity index (χ4n) is 12.5. The Balaban J connectivity index is 1.21. The van der Waals surface area contributed by atoms with Gasteiger partial charge in [0.05, 0.1) is 11.4 Å². The Morgan fingerprint density at radius 1 is 0.269 bits per heavy atom. The van der Waals surface area contributed by atoms with Crippen LogP contribution in [0.4, 0.5) is 17.1 Å². The molecule has 12 aromatic carbocycles. The van der Waals surface area contributed by atoms with Crippen LogP contribution in [0.5, 0.6) is 0 Å². The van der Waals surface area contributed by atoms with Crippen molar-refractivity contribution in [1.29, 1.82) is 0 Å². The van der Waals surface area contributed by atoms with E-state index >= 15 is 0 Å². The number of hydrogen-bond acceptors (Lipinski definition) is 1. The molecule has 0 amide bonds. The van der Waals surface area contributed by atoms with E-state index in [0.29, 0.717) is 0 Å². The molecule has 0 fully saturated rings. The van der Waals surface area contributed by atoms with Crippen LogP contribution in [0.25, 0.3) is 44.5 Å². The van der Waals surface area contributed by atoms with Gasteiger partial charge in [0, 0.05) is 16.8 Å². The Morgan fingerprint density at radius 3 is 0.987 bits per heavy atom. The average Bonchev–Trinajstić information content (AvgIpc) is 3.63. The Bertz CT molecular complexity index is 3720. The molecule has 13 rings (SSSR count). The Kier molecular flexibility index (Phi) is 13.2. The van der Waals surface area contributed by atoms with E-state index in [1.54, 1.807) is 0 Å². The smallest absolute Gasteiger partial charge is 0.243 e. The number of aryl methyl sites for hydroxylation is 2. The lowest BCUT2D eigenvalue weighted by atomic mass is 9.32. The summed E-state index contributed by atoms with van der Waals surface area (Å²) >= 11 is 0. The number of rotatable bonds is 10. The molecule has 0 spiro atoms. The Morgan fingerprint density at radius 2 is 0.615 bits per heavy atom. The molecule has 78 heavy (non-hydrogen) atoms. The van der Waals surface area contributed by atoms with Gasteiger partial charge in [0.2, 0.25) is 20.1 Å². The molecular formula is C74H56B3N. The highest BCUT2D eigenvalue weighted by Gasteiger charge is 2.36. The fourth-order valence-corrected chi connectivity index (χ4v) is 12.5. The number of fused-ring (bicyclic) bond motifs is 6.